The van der Waals surface area contributed by atoms with Crippen molar-refractivity contribution >= 4 is 23.6 Å². The average molecular weight is 410 g/mol. The lowest BCUT2D eigenvalue weighted by Crippen LogP contribution is -2.34. The molecule has 156 valence electrons. The van der Waals surface area contributed by atoms with Gasteiger partial charge in [-0.2, -0.15) is 0 Å². The molecule has 0 unspecified atom stereocenters. The Morgan fingerprint density at radius 1 is 1.20 bits per heavy atom. The normalized spacial score (nSPS) is 14.9. The molecule has 1 aromatic carbocycles. The molecule has 9 nitrogen and oxygen atoms in total. The summed E-state index contributed by atoms with van der Waals surface area (Å²) in [5.74, 6) is -0.892. The van der Waals surface area contributed by atoms with Gasteiger partial charge >= 0.3 is 6.09 Å². The highest BCUT2D eigenvalue weighted by atomic mass is 16.4. The van der Waals surface area contributed by atoms with E-state index in [0.29, 0.717) is 18.7 Å². The number of pyridine rings is 1. The molecule has 2 aromatic rings. The zero-order chi connectivity index (χ0) is 21.4. The predicted octanol–water partition coefficient (Wildman–Crippen LogP) is 1.19. The lowest BCUT2D eigenvalue weighted by atomic mass is 10.0. The van der Waals surface area contributed by atoms with E-state index < -0.39 is 17.6 Å². The van der Waals surface area contributed by atoms with Gasteiger partial charge in [-0.15, -0.1) is 0 Å². The smallest absolute Gasteiger partial charge is 0.411 e. The minimum absolute atomic E-state index is 0.110. The summed E-state index contributed by atoms with van der Waals surface area (Å²) in [6.45, 7) is 0.480. The van der Waals surface area contributed by atoms with Gasteiger partial charge in [-0.25, -0.2) is 4.79 Å². The fourth-order valence-corrected chi connectivity index (χ4v) is 3.71. The number of nitrogens with zero attached hydrogens (tertiary/aromatic N) is 2. The number of aromatic nitrogens is 1. The Bertz CT molecular complexity index is 1100. The Balaban J connectivity index is 1.74. The third-order valence-corrected chi connectivity index (χ3v) is 5.43. The van der Waals surface area contributed by atoms with Crippen molar-refractivity contribution in [2.24, 2.45) is 0 Å². The lowest BCUT2D eigenvalue weighted by molar-refractivity contribution is 0.0950. The van der Waals surface area contributed by atoms with E-state index in [4.69, 9.17) is 0 Å². The Morgan fingerprint density at radius 2 is 1.97 bits per heavy atom. The van der Waals surface area contributed by atoms with Crippen molar-refractivity contribution in [3.8, 4) is 0 Å². The summed E-state index contributed by atoms with van der Waals surface area (Å²) in [4.78, 5) is 50.4. The fourth-order valence-electron chi connectivity index (χ4n) is 3.71. The van der Waals surface area contributed by atoms with Gasteiger partial charge in [-0.1, -0.05) is 12.1 Å². The van der Waals surface area contributed by atoms with Crippen LogP contribution in [-0.4, -0.2) is 47.2 Å². The molecule has 3 amide bonds. The van der Waals surface area contributed by atoms with Crippen LogP contribution in [0.25, 0.3) is 0 Å². The summed E-state index contributed by atoms with van der Waals surface area (Å²) >= 11 is 0. The molecular formula is C21H22N4O5. The molecule has 2 aliphatic rings. The van der Waals surface area contributed by atoms with Crippen LogP contribution in [0.15, 0.2) is 35.3 Å². The van der Waals surface area contributed by atoms with Gasteiger partial charge in [0.05, 0.1) is 17.8 Å². The van der Waals surface area contributed by atoms with Crippen molar-refractivity contribution < 1.29 is 19.5 Å². The number of rotatable bonds is 5. The molecule has 0 bridgehead atoms. The van der Waals surface area contributed by atoms with E-state index in [2.05, 4.69) is 10.6 Å². The molecule has 0 radical (unpaired) electrons. The second-order valence-electron chi connectivity index (χ2n) is 7.50. The first-order valence-corrected chi connectivity index (χ1v) is 9.77. The molecule has 0 spiro atoms. The summed E-state index contributed by atoms with van der Waals surface area (Å²) in [5.41, 5.74) is 1.84. The topological polar surface area (TPSA) is 121 Å². The van der Waals surface area contributed by atoms with Crippen LogP contribution in [0.3, 0.4) is 0 Å². The molecule has 30 heavy (non-hydrogen) atoms. The van der Waals surface area contributed by atoms with Gasteiger partial charge in [0.15, 0.2) is 0 Å². The third-order valence-electron chi connectivity index (χ3n) is 5.43. The number of nitrogens with one attached hydrogen (secondary N) is 2. The van der Waals surface area contributed by atoms with Crippen molar-refractivity contribution in [1.82, 2.24) is 15.2 Å². The van der Waals surface area contributed by atoms with Crippen LogP contribution < -0.4 is 21.1 Å². The van der Waals surface area contributed by atoms with Gasteiger partial charge in [0.1, 0.15) is 5.56 Å². The number of benzene rings is 1. The Hall–Kier alpha value is -3.62. The number of amides is 3. The van der Waals surface area contributed by atoms with E-state index in [1.54, 1.807) is 12.1 Å². The van der Waals surface area contributed by atoms with Crippen LogP contribution in [0.1, 0.15) is 44.7 Å². The van der Waals surface area contributed by atoms with Crippen molar-refractivity contribution in [3.63, 3.8) is 0 Å². The minimum Gasteiger partial charge on any atom is -0.465 e. The van der Waals surface area contributed by atoms with E-state index in [1.807, 2.05) is 6.07 Å². The van der Waals surface area contributed by atoms with Gasteiger partial charge < -0.3 is 20.3 Å². The Labute approximate surface area is 172 Å². The fraction of sp³-hybridized carbons (Fsp3) is 0.333. The molecule has 0 atom stereocenters. The number of carbonyl (C=O) groups excluding carboxylic acids is 2. The van der Waals surface area contributed by atoms with Crippen LogP contribution in [0, 0.1) is 0 Å². The summed E-state index contributed by atoms with van der Waals surface area (Å²) < 4.78 is 1.34. The third kappa shape index (κ3) is 3.66. The van der Waals surface area contributed by atoms with E-state index in [-0.39, 0.29) is 29.6 Å². The lowest BCUT2D eigenvalue weighted by Gasteiger charge is -2.15. The van der Waals surface area contributed by atoms with Gasteiger partial charge in [-0.05, 0) is 42.5 Å². The monoisotopic (exact) mass is 410 g/mol. The highest BCUT2D eigenvalue weighted by Gasteiger charge is 2.27. The SMILES string of the molecule is CNC(=O)c1cc(C(=O)NC2CC2)cn(Cc2cccc3c2CCN3C(=O)O)c1=O. The molecule has 1 aliphatic carbocycles. The van der Waals surface area contributed by atoms with E-state index in [9.17, 15) is 24.3 Å². The van der Waals surface area contributed by atoms with Crippen LogP contribution in [-0.2, 0) is 13.0 Å². The van der Waals surface area contributed by atoms with Crippen molar-refractivity contribution in [2.75, 3.05) is 18.5 Å². The molecule has 4 rings (SSSR count). The van der Waals surface area contributed by atoms with Gasteiger partial charge in [-0.3, -0.25) is 19.3 Å². The quantitative estimate of drug-likeness (QED) is 0.684. The maximum absolute atomic E-state index is 12.9. The molecule has 1 aliphatic heterocycles. The first-order valence-electron chi connectivity index (χ1n) is 9.77. The molecule has 3 N–H and O–H groups in total. The van der Waals surface area contributed by atoms with Crippen LogP contribution in [0.2, 0.25) is 0 Å². The summed E-state index contributed by atoms with van der Waals surface area (Å²) in [6, 6.07) is 6.76. The van der Waals surface area contributed by atoms with E-state index in [0.717, 1.165) is 24.0 Å². The Morgan fingerprint density at radius 3 is 2.63 bits per heavy atom. The van der Waals surface area contributed by atoms with E-state index >= 15 is 0 Å². The summed E-state index contributed by atoms with van der Waals surface area (Å²) in [7, 11) is 1.42. The molecule has 9 heteroatoms. The van der Waals surface area contributed by atoms with E-state index in [1.165, 1.54) is 28.8 Å². The van der Waals surface area contributed by atoms with Crippen LogP contribution >= 0.6 is 0 Å². The first-order chi connectivity index (χ1) is 14.4. The standard InChI is InChI=1S/C21H22N4O5/c1-22-19(27)16-9-13(18(26)23-14-5-6-14)11-24(20(16)28)10-12-3-2-4-17-15(12)7-8-25(17)21(29)30/h2-4,9,11,14H,5-8,10H2,1H3,(H,22,27)(H,23,26)(H,29,30). The minimum atomic E-state index is -1.02. The van der Waals surface area contributed by atoms with Gasteiger partial charge in [0.2, 0.25) is 0 Å². The van der Waals surface area contributed by atoms with Crippen molar-refractivity contribution in [2.45, 2.75) is 31.8 Å². The number of hydrogen-bond donors (Lipinski definition) is 3. The van der Waals surface area contributed by atoms with Crippen LogP contribution in [0.4, 0.5) is 10.5 Å². The van der Waals surface area contributed by atoms with Crippen molar-refractivity contribution in [3.05, 3.63) is 63.1 Å². The number of carbonyl (C=O) groups is 3. The number of hydrogen-bond acceptors (Lipinski definition) is 4. The summed E-state index contributed by atoms with van der Waals surface area (Å²) in [6.07, 6.45) is 2.81. The largest absolute Gasteiger partial charge is 0.465 e. The molecule has 1 fully saturated rings. The van der Waals surface area contributed by atoms with Gasteiger partial charge in [0.25, 0.3) is 17.4 Å². The maximum atomic E-state index is 12.9. The molecular weight excluding hydrogens is 388 g/mol. The predicted molar refractivity (Wildman–Crippen MR) is 109 cm³/mol. The first kappa shape index (κ1) is 19.7. The molecule has 1 saturated carbocycles. The highest BCUT2D eigenvalue weighted by Crippen LogP contribution is 2.31. The molecule has 1 aromatic heterocycles. The van der Waals surface area contributed by atoms with Crippen LogP contribution in [0.5, 0.6) is 0 Å². The molecule has 0 saturated heterocycles. The number of fused-ring (bicyclic) bond motifs is 1. The highest BCUT2D eigenvalue weighted by molar-refractivity contribution is 5.99. The number of carboxylic acid groups (broad SMARTS) is 1. The zero-order valence-electron chi connectivity index (χ0n) is 16.5. The molecule has 2 heterocycles. The van der Waals surface area contributed by atoms with Crippen molar-refractivity contribution in [1.29, 1.82) is 0 Å². The second-order valence-corrected chi connectivity index (χ2v) is 7.50. The maximum Gasteiger partial charge on any atom is 0.411 e. The second kappa shape index (κ2) is 7.66. The number of anilines is 1. The Kier molecular flexibility index (Phi) is 5.03. The summed E-state index contributed by atoms with van der Waals surface area (Å²) in [5, 5.41) is 14.7. The van der Waals surface area contributed by atoms with Gasteiger partial charge in [0, 0.05) is 25.8 Å². The zero-order valence-corrected chi connectivity index (χ0v) is 16.5. The average Bonchev–Trinajstić information content (AvgIpc) is 3.42.